The molecule has 1 fully saturated rings. The number of nitrogens with one attached hydrogen (secondary N) is 1. The van der Waals surface area contributed by atoms with Gasteiger partial charge in [0.25, 0.3) is 0 Å². The highest BCUT2D eigenvalue weighted by molar-refractivity contribution is 5.42. The van der Waals surface area contributed by atoms with E-state index >= 15 is 0 Å². The van der Waals surface area contributed by atoms with Gasteiger partial charge in [0, 0.05) is 12.2 Å². The molecule has 0 heterocycles. The molecule has 1 aliphatic rings. The topological polar surface area (TPSA) is 12.0 Å². The van der Waals surface area contributed by atoms with Crippen LogP contribution in [-0.2, 0) is 0 Å². The van der Waals surface area contributed by atoms with Crippen molar-refractivity contribution in [3.63, 3.8) is 0 Å². The van der Waals surface area contributed by atoms with E-state index in [1.54, 1.807) is 0 Å². The molecule has 14 heavy (non-hydrogen) atoms. The minimum absolute atomic E-state index is 0.992. The van der Waals surface area contributed by atoms with Crippen LogP contribution in [0.5, 0.6) is 0 Å². The van der Waals surface area contributed by atoms with Crippen LogP contribution in [0.2, 0.25) is 0 Å². The van der Waals surface area contributed by atoms with Gasteiger partial charge in [-0.25, -0.2) is 0 Å². The lowest BCUT2D eigenvalue weighted by Gasteiger charge is -2.10. The van der Waals surface area contributed by atoms with Crippen molar-refractivity contribution in [3.05, 3.63) is 30.3 Å². The molecule has 1 aromatic carbocycles. The largest absolute Gasteiger partial charge is 0.385 e. The number of anilines is 1. The maximum atomic E-state index is 3.47. The first-order chi connectivity index (χ1) is 6.95. The third-order valence-electron chi connectivity index (χ3n) is 3.13. The molecular formula is C13H19N. The molecule has 1 aliphatic carbocycles. The van der Waals surface area contributed by atoms with Gasteiger partial charge in [-0.15, -0.1) is 0 Å². The minimum atomic E-state index is 0.992. The molecule has 1 nitrogen and oxygen atoms in total. The number of benzene rings is 1. The maximum absolute atomic E-state index is 3.47. The van der Waals surface area contributed by atoms with Gasteiger partial charge >= 0.3 is 0 Å². The average molecular weight is 189 g/mol. The van der Waals surface area contributed by atoms with Crippen LogP contribution in [0.25, 0.3) is 0 Å². The summed E-state index contributed by atoms with van der Waals surface area (Å²) in [5, 5.41) is 3.47. The van der Waals surface area contributed by atoms with Crippen molar-refractivity contribution in [2.75, 3.05) is 11.9 Å². The molecule has 0 spiro atoms. The Bertz CT molecular complexity index is 249. The van der Waals surface area contributed by atoms with E-state index < -0.39 is 0 Å². The summed E-state index contributed by atoms with van der Waals surface area (Å²) in [7, 11) is 0. The molecular weight excluding hydrogens is 170 g/mol. The lowest BCUT2D eigenvalue weighted by molar-refractivity contribution is 0.518. The van der Waals surface area contributed by atoms with Gasteiger partial charge in [-0.2, -0.15) is 0 Å². The van der Waals surface area contributed by atoms with Crippen LogP contribution in [0, 0.1) is 5.92 Å². The van der Waals surface area contributed by atoms with E-state index in [4.69, 9.17) is 0 Å². The second-order valence-corrected chi connectivity index (χ2v) is 4.23. The molecule has 0 amide bonds. The van der Waals surface area contributed by atoms with Crippen LogP contribution in [0.1, 0.15) is 32.1 Å². The van der Waals surface area contributed by atoms with Crippen LogP contribution < -0.4 is 5.32 Å². The Balaban J connectivity index is 1.67. The highest BCUT2D eigenvalue weighted by atomic mass is 14.9. The quantitative estimate of drug-likeness (QED) is 0.762. The van der Waals surface area contributed by atoms with Crippen LogP contribution >= 0.6 is 0 Å². The first-order valence-corrected chi connectivity index (χ1v) is 5.74. The van der Waals surface area contributed by atoms with Crippen LogP contribution in [0.4, 0.5) is 5.69 Å². The zero-order valence-corrected chi connectivity index (χ0v) is 8.71. The molecule has 0 atom stereocenters. The molecule has 1 N–H and O–H groups in total. The molecule has 0 bridgehead atoms. The van der Waals surface area contributed by atoms with E-state index in [-0.39, 0.29) is 0 Å². The SMILES string of the molecule is c1ccc(NCCC2CCCC2)cc1. The number of rotatable bonds is 4. The molecule has 1 saturated carbocycles. The molecule has 76 valence electrons. The summed E-state index contributed by atoms with van der Waals surface area (Å²) in [6.07, 6.45) is 7.16. The summed E-state index contributed by atoms with van der Waals surface area (Å²) >= 11 is 0. The number of hydrogen-bond acceptors (Lipinski definition) is 1. The first-order valence-electron chi connectivity index (χ1n) is 5.74. The van der Waals surface area contributed by atoms with Crippen molar-refractivity contribution >= 4 is 5.69 Å². The minimum Gasteiger partial charge on any atom is -0.385 e. The molecule has 0 saturated heterocycles. The molecule has 0 aromatic heterocycles. The second kappa shape index (κ2) is 5.04. The van der Waals surface area contributed by atoms with Crippen molar-refractivity contribution < 1.29 is 0 Å². The summed E-state index contributed by atoms with van der Waals surface area (Å²) in [4.78, 5) is 0. The third kappa shape index (κ3) is 2.76. The smallest absolute Gasteiger partial charge is 0.0340 e. The summed E-state index contributed by atoms with van der Waals surface area (Å²) < 4.78 is 0. The van der Waals surface area contributed by atoms with Crippen molar-refractivity contribution in [1.29, 1.82) is 0 Å². The Kier molecular flexibility index (Phi) is 3.44. The lowest BCUT2D eigenvalue weighted by Crippen LogP contribution is -2.06. The van der Waals surface area contributed by atoms with Gasteiger partial charge in [0.1, 0.15) is 0 Å². The van der Waals surface area contributed by atoms with Crippen molar-refractivity contribution in [2.45, 2.75) is 32.1 Å². The van der Waals surface area contributed by atoms with Gasteiger partial charge in [-0.1, -0.05) is 43.9 Å². The van der Waals surface area contributed by atoms with Crippen molar-refractivity contribution in [3.8, 4) is 0 Å². The fraction of sp³-hybridized carbons (Fsp3) is 0.538. The van der Waals surface area contributed by atoms with E-state index in [1.165, 1.54) is 37.8 Å². The highest BCUT2D eigenvalue weighted by Gasteiger charge is 2.13. The Morgan fingerprint density at radius 3 is 2.50 bits per heavy atom. The van der Waals surface area contributed by atoms with Crippen molar-refractivity contribution in [1.82, 2.24) is 0 Å². The van der Waals surface area contributed by atoms with Crippen LogP contribution in [-0.4, -0.2) is 6.54 Å². The summed E-state index contributed by atoms with van der Waals surface area (Å²) in [5.74, 6) is 0.992. The maximum Gasteiger partial charge on any atom is 0.0340 e. The van der Waals surface area contributed by atoms with Crippen LogP contribution in [0.15, 0.2) is 30.3 Å². The predicted octanol–water partition coefficient (Wildman–Crippen LogP) is 3.68. The monoisotopic (exact) mass is 189 g/mol. The van der Waals surface area contributed by atoms with E-state index in [1.807, 2.05) is 0 Å². The van der Waals surface area contributed by atoms with Gasteiger partial charge in [0.15, 0.2) is 0 Å². The summed E-state index contributed by atoms with van der Waals surface area (Å²) in [6, 6.07) is 10.5. The number of hydrogen-bond donors (Lipinski definition) is 1. The lowest BCUT2D eigenvalue weighted by atomic mass is 10.0. The Hall–Kier alpha value is -0.980. The zero-order valence-electron chi connectivity index (χ0n) is 8.71. The molecule has 1 aromatic rings. The molecule has 1 heteroatoms. The van der Waals surface area contributed by atoms with E-state index in [0.29, 0.717) is 0 Å². The van der Waals surface area contributed by atoms with Gasteiger partial charge in [-0.05, 0) is 24.5 Å². The van der Waals surface area contributed by atoms with Crippen molar-refractivity contribution in [2.24, 2.45) is 5.92 Å². The fourth-order valence-corrected chi connectivity index (χ4v) is 2.28. The summed E-state index contributed by atoms with van der Waals surface area (Å²) in [6.45, 7) is 1.13. The Morgan fingerprint density at radius 1 is 1.07 bits per heavy atom. The fourth-order valence-electron chi connectivity index (χ4n) is 2.28. The highest BCUT2D eigenvalue weighted by Crippen LogP contribution is 2.27. The van der Waals surface area contributed by atoms with Gasteiger partial charge in [0.05, 0.1) is 0 Å². The molecule has 2 rings (SSSR count). The summed E-state index contributed by atoms with van der Waals surface area (Å²) in [5.41, 5.74) is 1.26. The molecule has 0 unspecified atom stereocenters. The molecule has 0 radical (unpaired) electrons. The van der Waals surface area contributed by atoms with Gasteiger partial charge in [0.2, 0.25) is 0 Å². The third-order valence-corrected chi connectivity index (χ3v) is 3.13. The van der Waals surface area contributed by atoms with Crippen LogP contribution in [0.3, 0.4) is 0 Å². The first kappa shape index (κ1) is 9.57. The van der Waals surface area contributed by atoms with Gasteiger partial charge < -0.3 is 5.32 Å². The van der Waals surface area contributed by atoms with Gasteiger partial charge in [-0.3, -0.25) is 0 Å². The normalized spacial score (nSPS) is 17.1. The Morgan fingerprint density at radius 2 is 1.79 bits per heavy atom. The Labute approximate surface area is 86.5 Å². The number of para-hydroxylation sites is 1. The van der Waals surface area contributed by atoms with E-state index in [9.17, 15) is 0 Å². The zero-order chi connectivity index (χ0) is 9.64. The van der Waals surface area contributed by atoms with E-state index in [2.05, 4.69) is 35.6 Å². The average Bonchev–Trinajstić information content (AvgIpc) is 2.72. The standard InChI is InChI=1S/C13H19N/c1-2-8-13(9-3-1)14-11-10-12-6-4-5-7-12/h1-3,8-9,12,14H,4-7,10-11H2. The molecule has 0 aliphatic heterocycles. The van der Waals surface area contributed by atoms with E-state index in [0.717, 1.165) is 12.5 Å². The predicted molar refractivity (Wildman–Crippen MR) is 61.5 cm³/mol. The second-order valence-electron chi connectivity index (χ2n) is 4.23.